The van der Waals surface area contributed by atoms with E-state index in [2.05, 4.69) is 4.72 Å². The predicted octanol–water partition coefficient (Wildman–Crippen LogP) is -0.614. The third kappa shape index (κ3) is 3.55. The summed E-state index contributed by atoms with van der Waals surface area (Å²) in [4.78, 5) is 11.1. The van der Waals surface area contributed by atoms with Gasteiger partial charge in [0.05, 0.1) is 0 Å². The molecule has 1 aromatic rings. The molecule has 5 N–H and O–H groups in total. The number of nitrogens with two attached hydrogens (primary N) is 2. The van der Waals surface area contributed by atoms with E-state index in [9.17, 15) is 13.2 Å². The zero-order chi connectivity index (χ0) is 14.8. The molecule has 0 spiro atoms. The minimum absolute atomic E-state index is 0.00269. The van der Waals surface area contributed by atoms with Gasteiger partial charge in [0.2, 0.25) is 10.0 Å². The molecule has 1 aromatic heterocycles. The molecule has 0 radical (unpaired) electrons. The van der Waals surface area contributed by atoms with Gasteiger partial charge in [-0.3, -0.25) is 4.79 Å². The van der Waals surface area contributed by atoms with Gasteiger partial charge in [0.15, 0.2) is 0 Å². The fraction of sp³-hybridized carbons (Fsp3) is 0.545. The van der Waals surface area contributed by atoms with Crippen LogP contribution in [0.1, 0.15) is 24.3 Å². The highest BCUT2D eigenvalue weighted by molar-refractivity contribution is 7.89. The second-order valence-corrected chi connectivity index (χ2v) is 6.46. The zero-order valence-corrected chi connectivity index (χ0v) is 12.1. The van der Waals surface area contributed by atoms with Crippen molar-refractivity contribution in [3.05, 3.63) is 18.0 Å². The molecule has 1 rings (SSSR count). The molecular weight excluding hydrogens is 268 g/mol. The molecular formula is C11H20N4O3S. The van der Waals surface area contributed by atoms with Gasteiger partial charge in [0.25, 0.3) is 5.91 Å². The summed E-state index contributed by atoms with van der Waals surface area (Å²) in [6.07, 6.45) is 1.34. The monoisotopic (exact) mass is 288 g/mol. The minimum atomic E-state index is -3.71. The highest BCUT2D eigenvalue weighted by Crippen LogP contribution is 2.14. The third-order valence-electron chi connectivity index (χ3n) is 2.91. The number of hydrogen-bond acceptors (Lipinski definition) is 4. The van der Waals surface area contributed by atoms with Crippen molar-refractivity contribution in [3.8, 4) is 0 Å². The van der Waals surface area contributed by atoms with Gasteiger partial charge in [-0.2, -0.15) is 0 Å². The van der Waals surface area contributed by atoms with Crippen LogP contribution in [0.15, 0.2) is 17.2 Å². The number of sulfonamides is 1. The molecule has 0 saturated heterocycles. The Labute approximate surface area is 113 Å². The van der Waals surface area contributed by atoms with E-state index in [1.54, 1.807) is 7.05 Å². The molecule has 0 fully saturated rings. The van der Waals surface area contributed by atoms with Gasteiger partial charge < -0.3 is 16.0 Å². The number of aryl methyl sites for hydroxylation is 1. The van der Waals surface area contributed by atoms with E-state index < -0.39 is 15.9 Å². The van der Waals surface area contributed by atoms with Crippen LogP contribution in [0.25, 0.3) is 0 Å². The third-order valence-corrected chi connectivity index (χ3v) is 4.36. The fourth-order valence-corrected chi connectivity index (χ4v) is 3.12. The Morgan fingerprint density at radius 2 is 2.05 bits per heavy atom. The van der Waals surface area contributed by atoms with Crippen LogP contribution in [0.3, 0.4) is 0 Å². The lowest BCUT2D eigenvalue weighted by Crippen LogP contribution is -2.43. The molecule has 0 aliphatic heterocycles. The number of carbonyl (C=O) groups is 1. The van der Waals surface area contributed by atoms with Crippen molar-refractivity contribution in [1.29, 1.82) is 0 Å². The molecule has 8 heteroatoms. The van der Waals surface area contributed by atoms with E-state index in [-0.39, 0.29) is 29.1 Å². The Morgan fingerprint density at radius 1 is 1.47 bits per heavy atom. The molecule has 1 unspecified atom stereocenters. The highest BCUT2D eigenvalue weighted by Gasteiger charge is 2.24. The zero-order valence-electron chi connectivity index (χ0n) is 11.3. The topological polar surface area (TPSA) is 120 Å². The first-order valence-corrected chi connectivity index (χ1v) is 7.36. The van der Waals surface area contributed by atoms with Crippen molar-refractivity contribution < 1.29 is 13.2 Å². The van der Waals surface area contributed by atoms with Crippen molar-refractivity contribution in [2.24, 2.45) is 24.4 Å². The number of aromatic nitrogens is 1. The summed E-state index contributed by atoms with van der Waals surface area (Å²) in [7, 11) is -2.15. The van der Waals surface area contributed by atoms with Gasteiger partial charge in [-0.25, -0.2) is 13.1 Å². The molecule has 0 aliphatic carbocycles. The Hall–Kier alpha value is -1.38. The number of carbonyl (C=O) groups excluding carboxylic acids is 1. The van der Waals surface area contributed by atoms with Gasteiger partial charge in [0.1, 0.15) is 10.6 Å². The molecule has 1 amide bonds. The number of primary amides is 1. The molecule has 1 atom stereocenters. The number of amides is 1. The van der Waals surface area contributed by atoms with Crippen LogP contribution in [0.4, 0.5) is 0 Å². The Bertz CT molecular complexity index is 562. The van der Waals surface area contributed by atoms with Crippen molar-refractivity contribution in [2.45, 2.75) is 24.8 Å². The Balaban J connectivity index is 3.07. The predicted molar refractivity (Wildman–Crippen MR) is 71.9 cm³/mol. The molecule has 7 nitrogen and oxygen atoms in total. The van der Waals surface area contributed by atoms with Crippen LogP contribution >= 0.6 is 0 Å². The van der Waals surface area contributed by atoms with Crippen LogP contribution in [0, 0.1) is 5.92 Å². The van der Waals surface area contributed by atoms with E-state index in [0.29, 0.717) is 0 Å². The first-order chi connectivity index (χ1) is 8.69. The van der Waals surface area contributed by atoms with Crippen LogP contribution < -0.4 is 16.2 Å². The number of rotatable bonds is 6. The molecule has 108 valence electrons. The lowest BCUT2D eigenvalue weighted by atomic mass is 10.1. The standard InChI is InChI=1S/C11H20N4O3S/c1-7(2)9(5-12)14-19(17,18)8-4-10(11(13)16)15(3)6-8/h4,6-7,9,14H,5,12H2,1-3H3,(H2,13,16). The lowest BCUT2D eigenvalue weighted by molar-refractivity contribution is 0.0992. The van der Waals surface area contributed by atoms with E-state index in [4.69, 9.17) is 11.5 Å². The largest absolute Gasteiger partial charge is 0.364 e. The van der Waals surface area contributed by atoms with Crippen molar-refractivity contribution in [1.82, 2.24) is 9.29 Å². The summed E-state index contributed by atoms with van der Waals surface area (Å²) in [6, 6.07) is 0.890. The molecule has 0 aliphatic rings. The van der Waals surface area contributed by atoms with Crippen LogP contribution in [0.2, 0.25) is 0 Å². The quantitative estimate of drug-likeness (QED) is 0.646. The number of nitrogens with zero attached hydrogens (tertiary/aromatic N) is 1. The second kappa shape index (κ2) is 5.72. The van der Waals surface area contributed by atoms with Gasteiger partial charge >= 0.3 is 0 Å². The molecule has 0 aromatic carbocycles. The molecule has 0 saturated carbocycles. The van der Waals surface area contributed by atoms with Gasteiger partial charge in [-0.05, 0) is 12.0 Å². The normalized spacial score (nSPS) is 13.7. The van der Waals surface area contributed by atoms with Crippen LogP contribution in [-0.4, -0.2) is 31.5 Å². The molecule has 0 bridgehead atoms. The lowest BCUT2D eigenvalue weighted by Gasteiger charge is -2.19. The SMILES string of the molecule is CC(C)C(CN)NS(=O)(=O)c1cc(C(N)=O)n(C)c1. The average Bonchev–Trinajstić information content (AvgIpc) is 2.68. The Kier molecular flexibility index (Phi) is 4.72. The maximum atomic E-state index is 12.2. The summed E-state index contributed by atoms with van der Waals surface area (Å²) in [5.41, 5.74) is 10.8. The summed E-state index contributed by atoms with van der Waals surface area (Å²) in [5, 5.41) is 0. The van der Waals surface area contributed by atoms with E-state index in [1.165, 1.54) is 16.8 Å². The minimum Gasteiger partial charge on any atom is -0.364 e. The summed E-state index contributed by atoms with van der Waals surface area (Å²) in [6.45, 7) is 3.95. The average molecular weight is 288 g/mol. The van der Waals surface area contributed by atoms with Crippen molar-refractivity contribution >= 4 is 15.9 Å². The Morgan fingerprint density at radius 3 is 2.42 bits per heavy atom. The maximum Gasteiger partial charge on any atom is 0.265 e. The van der Waals surface area contributed by atoms with Crippen molar-refractivity contribution in [3.63, 3.8) is 0 Å². The summed E-state index contributed by atoms with van der Waals surface area (Å²) >= 11 is 0. The van der Waals surface area contributed by atoms with Gasteiger partial charge in [0, 0.05) is 25.8 Å². The van der Waals surface area contributed by atoms with Crippen LogP contribution in [0.5, 0.6) is 0 Å². The van der Waals surface area contributed by atoms with Gasteiger partial charge in [-0.15, -0.1) is 0 Å². The summed E-state index contributed by atoms with van der Waals surface area (Å²) < 4.78 is 28.2. The van der Waals surface area contributed by atoms with Crippen molar-refractivity contribution in [2.75, 3.05) is 6.54 Å². The maximum absolute atomic E-state index is 12.2. The smallest absolute Gasteiger partial charge is 0.265 e. The second-order valence-electron chi connectivity index (χ2n) is 4.74. The molecule has 1 heterocycles. The summed E-state index contributed by atoms with van der Waals surface area (Å²) in [5.74, 6) is -0.609. The van der Waals surface area contributed by atoms with E-state index >= 15 is 0 Å². The van der Waals surface area contributed by atoms with E-state index in [0.717, 1.165) is 0 Å². The van der Waals surface area contributed by atoms with Crippen LogP contribution in [-0.2, 0) is 17.1 Å². The first kappa shape index (κ1) is 15.7. The van der Waals surface area contributed by atoms with E-state index in [1.807, 2.05) is 13.8 Å². The number of nitrogens with one attached hydrogen (secondary N) is 1. The van der Waals surface area contributed by atoms with Gasteiger partial charge in [-0.1, -0.05) is 13.8 Å². The fourth-order valence-electron chi connectivity index (χ4n) is 1.65. The number of hydrogen-bond donors (Lipinski definition) is 3. The molecule has 19 heavy (non-hydrogen) atoms. The first-order valence-electron chi connectivity index (χ1n) is 5.87. The highest BCUT2D eigenvalue weighted by atomic mass is 32.2.